The van der Waals surface area contributed by atoms with Crippen LogP contribution in [0.1, 0.15) is 63.6 Å². The number of hydrogen-bond donors (Lipinski definition) is 0. The molecule has 1 saturated carbocycles. The smallest absolute Gasteiger partial charge is 0.410 e. The fraction of sp³-hybridized carbons (Fsp3) is 0.706. The summed E-state index contributed by atoms with van der Waals surface area (Å²) in [5.74, 6) is 2.37. The van der Waals surface area contributed by atoms with Crippen molar-refractivity contribution in [3.63, 3.8) is 0 Å². The van der Waals surface area contributed by atoms with Crippen LogP contribution in [0.15, 0.2) is 16.7 Å². The summed E-state index contributed by atoms with van der Waals surface area (Å²) in [5.41, 5.74) is -0.489. The number of ether oxygens (including phenoxy) is 1. The van der Waals surface area contributed by atoms with Crippen LogP contribution in [-0.2, 0) is 4.74 Å². The van der Waals surface area contributed by atoms with Crippen molar-refractivity contribution in [2.24, 2.45) is 5.92 Å². The maximum atomic E-state index is 12.5. The second-order valence-corrected chi connectivity index (χ2v) is 7.88. The summed E-state index contributed by atoms with van der Waals surface area (Å²) in [5, 5.41) is 4.12. The molecule has 0 aromatic carbocycles. The zero-order valence-electron chi connectivity index (χ0n) is 13.9. The van der Waals surface area contributed by atoms with Crippen LogP contribution >= 0.6 is 0 Å². The van der Waals surface area contributed by atoms with E-state index in [2.05, 4.69) is 22.3 Å². The average molecular weight is 317 g/mol. The molecule has 0 radical (unpaired) electrons. The molecule has 0 N–H and O–H groups in total. The highest BCUT2D eigenvalue weighted by molar-refractivity contribution is 5.69. The highest BCUT2D eigenvalue weighted by atomic mass is 16.6. The Morgan fingerprint density at radius 1 is 1.35 bits per heavy atom. The lowest BCUT2D eigenvalue weighted by atomic mass is 9.77. The molecule has 0 spiro atoms. The third kappa shape index (κ3) is 2.86. The summed E-state index contributed by atoms with van der Waals surface area (Å²) in [6.45, 7) is 6.37. The van der Waals surface area contributed by atoms with Crippen molar-refractivity contribution in [3.05, 3.63) is 23.9 Å². The second-order valence-electron chi connectivity index (χ2n) is 7.88. The van der Waals surface area contributed by atoms with Crippen molar-refractivity contribution < 1.29 is 14.1 Å². The number of carbonyl (C=O) groups is 1. The summed E-state index contributed by atoms with van der Waals surface area (Å²) in [4.78, 5) is 18.9. The summed E-state index contributed by atoms with van der Waals surface area (Å²) >= 11 is 0. The summed E-state index contributed by atoms with van der Waals surface area (Å²) in [6.07, 6.45) is 7.28. The molecule has 3 unspecified atom stereocenters. The minimum Gasteiger partial charge on any atom is -0.444 e. The molecule has 2 fully saturated rings. The zero-order valence-corrected chi connectivity index (χ0v) is 13.9. The van der Waals surface area contributed by atoms with E-state index in [0.29, 0.717) is 24.3 Å². The molecular weight excluding hydrogens is 294 g/mol. The van der Waals surface area contributed by atoms with Crippen LogP contribution in [0.2, 0.25) is 0 Å². The Hall–Kier alpha value is -1.85. The number of piperidine rings is 1. The average Bonchev–Trinajstić information content (AvgIpc) is 3.23. The van der Waals surface area contributed by atoms with E-state index in [1.165, 1.54) is 0 Å². The van der Waals surface area contributed by atoms with Gasteiger partial charge in [0, 0.05) is 12.5 Å². The number of carbonyl (C=O) groups excluding carboxylic acids is 1. The molecule has 3 atom stereocenters. The molecule has 1 saturated heterocycles. The predicted octanol–water partition coefficient (Wildman–Crippen LogP) is 3.23. The predicted molar refractivity (Wildman–Crippen MR) is 83.0 cm³/mol. The van der Waals surface area contributed by atoms with E-state index in [1.807, 2.05) is 25.7 Å². The first-order valence-corrected chi connectivity index (χ1v) is 8.42. The number of aromatic nitrogens is 2. The van der Waals surface area contributed by atoms with Crippen molar-refractivity contribution >= 4 is 6.09 Å². The van der Waals surface area contributed by atoms with Crippen LogP contribution in [-0.4, -0.2) is 39.3 Å². The molecule has 1 aromatic rings. The van der Waals surface area contributed by atoms with Crippen LogP contribution < -0.4 is 0 Å². The van der Waals surface area contributed by atoms with Gasteiger partial charge in [-0.05, 0) is 46.0 Å². The Labute approximate surface area is 135 Å². The molecule has 23 heavy (non-hydrogen) atoms. The molecule has 1 aromatic heterocycles. The van der Waals surface area contributed by atoms with E-state index in [-0.39, 0.29) is 18.1 Å². The van der Waals surface area contributed by atoms with Gasteiger partial charge in [-0.15, -0.1) is 0 Å². The first-order chi connectivity index (χ1) is 10.9. The molecule has 2 bridgehead atoms. The normalized spacial score (nSPS) is 29.9. The van der Waals surface area contributed by atoms with Gasteiger partial charge < -0.3 is 14.2 Å². The van der Waals surface area contributed by atoms with Crippen molar-refractivity contribution in [1.82, 2.24) is 15.0 Å². The molecule has 6 heteroatoms. The van der Waals surface area contributed by atoms with E-state index < -0.39 is 5.60 Å². The minimum absolute atomic E-state index is 0.0534. The maximum Gasteiger partial charge on any atom is 0.410 e. The highest BCUT2D eigenvalue weighted by Crippen LogP contribution is 2.43. The Balaban J connectivity index is 1.55. The maximum absolute atomic E-state index is 12.5. The largest absolute Gasteiger partial charge is 0.444 e. The van der Waals surface area contributed by atoms with Gasteiger partial charge in [0.25, 0.3) is 0 Å². The fourth-order valence-electron chi connectivity index (χ4n) is 3.45. The lowest BCUT2D eigenvalue weighted by Gasteiger charge is -2.45. The van der Waals surface area contributed by atoms with Crippen LogP contribution in [0.4, 0.5) is 4.79 Å². The van der Waals surface area contributed by atoms with Crippen molar-refractivity contribution in [2.75, 3.05) is 6.54 Å². The molecule has 6 nitrogen and oxygen atoms in total. The Morgan fingerprint density at radius 3 is 2.78 bits per heavy atom. The lowest BCUT2D eigenvalue weighted by molar-refractivity contribution is 0.00335. The number of nitrogens with zero attached hydrogens (tertiary/aromatic N) is 3. The molecule has 2 aliphatic carbocycles. The molecule has 124 valence electrons. The molecule has 2 aliphatic heterocycles. The fourth-order valence-corrected chi connectivity index (χ4v) is 3.45. The molecule has 1 amide bonds. The Bertz CT molecular complexity index is 642. The summed E-state index contributed by atoms with van der Waals surface area (Å²) in [6, 6.07) is -0.0534. The number of rotatable bonds is 2. The van der Waals surface area contributed by atoms with E-state index in [4.69, 9.17) is 9.26 Å². The van der Waals surface area contributed by atoms with E-state index in [9.17, 15) is 4.79 Å². The highest BCUT2D eigenvalue weighted by Gasteiger charge is 2.44. The van der Waals surface area contributed by atoms with Gasteiger partial charge in [0.2, 0.25) is 5.89 Å². The van der Waals surface area contributed by atoms with Gasteiger partial charge in [-0.25, -0.2) is 4.79 Å². The first kappa shape index (κ1) is 14.7. The number of fused-ring (bicyclic) bond motifs is 2. The van der Waals surface area contributed by atoms with Gasteiger partial charge in [0.1, 0.15) is 5.60 Å². The number of hydrogen-bond acceptors (Lipinski definition) is 5. The quantitative estimate of drug-likeness (QED) is 0.783. The first-order valence-electron chi connectivity index (χ1n) is 8.42. The van der Waals surface area contributed by atoms with Gasteiger partial charge >= 0.3 is 6.09 Å². The molecule has 4 aliphatic rings. The van der Waals surface area contributed by atoms with Gasteiger partial charge in [0.05, 0.1) is 12.0 Å². The van der Waals surface area contributed by atoms with Crippen molar-refractivity contribution in [3.8, 4) is 0 Å². The minimum atomic E-state index is -0.489. The van der Waals surface area contributed by atoms with Crippen LogP contribution in [0.3, 0.4) is 0 Å². The van der Waals surface area contributed by atoms with Gasteiger partial charge in [-0.3, -0.25) is 0 Å². The molecule has 3 heterocycles. The van der Waals surface area contributed by atoms with Crippen LogP contribution in [0.5, 0.6) is 0 Å². The van der Waals surface area contributed by atoms with E-state index >= 15 is 0 Å². The number of amides is 1. The Morgan fingerprint density at radius 2 is 2.13 bits per heavy atom. The van der Waals surface area contributed by atoms with Crippen molar-refractivity contribution in [2.45, 2.75) is 63.5 Å². The van der Waals surface area contributed by atoms with Gasteiger partial charge in [-0.2, -0.15) is 4.98 Å². The molecular formula is C17H23N3O3. The monoisotopic (exact) mass is 317 g/mol. The van der Waals surface area contributed by atoms with Crippen LogP contribution in [0.25, 0.3) is 0 Å². The standard InChI is InChI=1S/C17H23N3O3/c1-17(2,3)22-16(21)20-9-10-4-7-13(20)12(8-10)15-18-14(19-23-15)11-5-6-11/h4,7,10-13H,5-6,8-9H2,1-3H3. The Kier molecular flexibility index (Phi) is 3.25. The van der Waals surface area contributed by atoms with E-state index in [1.54, 1.807) is 0 Å². The third-order valence-corrected chi connectivity index (χ3v) is 4.69. The summed E-state index contributed by atoms with van der Waals surface area (Å²) in [7, 11) is 0. The topological polar surface area (TPSA) is 68.5 Å². The SMILES string of the molecule is CC(C)(C)OC(=O)N1CC2C=CC1C(c1nc(C3CC3)no1)C2. The third-order valence-electron chi connectivity index (χ3n) is 4.69. The summed E-state index contributed by atoms with van der Waals surface area (Å²) < 4.78 is 11.1. The second kappa shape index (κ2) is 5.08. The van der Waals surface area contributed by atoms with Crippen LogP contribution in [0, 0.1) is 5.92 Å². The van der Waals surface area contributed by atoms with Gasteiger partial charge in [0.15, 0.2) is 5.82 Å². The lowest BCUT2D eigenvalue weighted by Crippen LogP contribution is -2.53. The molecule has 5 rings (SSSR count). The zero-order chi connectivity index (χ0) is 16.2. The van der Waals surface area contributed by atoms with Crippen molar-refractivity contribution in [1.29, 1.82) is 0 Å². The van der Waals surface area contributed by atoms with Gasteiger partial charge in [-0.1, -0.05) is 17.3 Å². The van der Waals surface area contributed by atoms with E-state index in [0.717, 1.165) is 25.1 Å².